The summed E-state index contributed by atoms with van der Waals surface area (Å²) < 4.78 is 0. The molecule has 1 fully saturated rings. The van der Waals surface area contributed by atoms with Crippen molar-refractivity contribution in [2.24, 2.45) is 16.8 Å². The van der Waals surface area contributed by atoms with E-state index in [-0.39, 0.29) is 17.7 Å². The molecule has 1 saturated carbocycles. The molecule has 1 aromatic carbocycles. The molecule has 0 heterocycles. The highest BCUT2D eigenvalue weighted by molar-refractivity contribution is 5.86. The second-order valence-corrected chi connectivity index (χ2v) is 7.44. The molecule has 7 nitrogen and oxygen atoms in total. The van der Waals surface area contributed by atoms with E-state index in [9.17, 15) is 14.7 Å². The van der Waals surface area contributed by atoms with Crippen molar-refractivity contribution in [3.63, 3.8) is 0 Å². The minimum Gasteiger partial charge on any atom is -0.391 e. The zero-order chi connectivity index (χ0) is 19.8. The lowest BCUT2D eigenvalue weighted by atomic mass is 9.89. The van der Waals surface area contributed by atoms with Gasteiger partial charge in [0.05, 0.1) is 12.1 Å². The molecule has 1 aliphatic rings. The third-order valence-electron chi connectivity index (χ3n) is 5.31. The van der Waals surface area contributed by atoms with Gasteiger partial charge in [0.15, 0.2) is 5.78 Å². The van der Waals surface area contributed by atoms with E-state index in [0.717, 1.165) is 31.2 Å². The molecule has 5 atom stereocenters. The molecule has 1 aromatic rings. The number of rotatable bonds is 8. The molecule has 0 saturated heterocycles. The summed E-state index contributed by atoms with van der Waals surface area (Å²) in [5, 5.41) is 15.8. The number of nitrogens with one attached hydrogen (secondary N) is 2. The second-order valence-electron chi connectivity index (χ2n) is 7.44. The number of nitrogens with two attached hydrogens (primary N) is 1. The molecule has 5 N–H and O–H groups in total. The normalized spacial score (nSPS) is 23.7. The number of amides is 1. The van der Waals surface area contributed by atoms with Crippen molar-refractivity contribution in [1.29, 1.82) is 5.53 Å². The van der Waals surface area contributed by atoms with Crippen LogP contribution in [0.2, 0.25) is 0 Å². The third-order valence-corrected chi connectivity index (χ3v) is 5.31. The van der Waals surface area contributed by atoms with Crippen LogP contribution in [0.15, 0.2) is 35.4 Å². The van der Waals surface area contributed by atoms with Crippen molar-refractivity contribution in [2.75, 3.05) is 0 Å². The van der Waals surface area contributed by atoms with Gasteiger partial charge in [-0.15, -0.1) is 5.11 Å². The Labute approximate surface area is 160 Å². The summed E-state index contributed by atoms with van der Waals surface area (Å²) in [6, 6.07) is 8.41. The fourth-order valence-electron chi connectivity index (χ4n) is 3.76. The maximum Gasteiger partial charge on any atom is 0.283 e. The van der Waals surface area contributed by atoms with E-state index in [4.69, 9.17) is 11.3 Å². The largest absolute Gasteiger partial charge is 0.391 e. The summed E-state index contributed by atoms with van der Waals surface area (Å²) in [4.78, 5) is 24.5. The minimum atomic E-state index is -0.924. The van der Waals surface area contributed by atoms with Gasteiger partial charge in [-0.05, 0) is 44.6 Å². The van der Waals surface area contributed by atoms with E-state index in [2.05, 4.69) is 10.4 Å². The molecule has 0 aliphatic heterocycles. The molecular weight excluding hydrogens is 344 g/mol. The first-order chi connectivity index (χ1) is 12.9. The van der Waals surface area contributed by atoms with Crippen LogP contribution >= 0.6 is 0 Å². The van der Waals surface area contributed by atoms with E-state index in [0.29, 0.717) is 12.8 Å². The maximum absolute atomic E-state index is 12.8. The van der Waals surface area contributed by atoms with Crippen LogP contribution in [0.3, 0.4) is 0 Å². The number of carbonyl (C=O) groups is 2. The molecule has 7 heteroatoms. The number of hydrogen-bond donors (Lipinski definition) is 4. The summed E-state index contributed by atoms with van der Waals surface area (Å²) in [5.74, 6) is -0.646. The molecule has 27 heavy (non-hydrogen) atoms. The average Bonchev–Trinajstić information content (AvgIpc) is 2.91. The van der Waals surface area contributed by atoms with Crippen molar-refractivity contribution in [3.05, 3.63) is 35.9 Å². The van der Waals surface area contributed by atoms with Crippen LogP contribution in [0.1, 0.15) is 44.6 Å². The van der Waals surface area contributed by atoms with Gasteiger partial charge in [0, 0.05) is 12.0 Å². The van der Waals surface area contributed by atoms with Crippen molar-refractivity contribution >= 4 is 11.7 Å². The van der Waals surface area contributed by atoms with Gasteiger partial charge in [0.2, 0.25) is 0 Å². The monoisotopic (exact) mass is 374 g/mol. The number of ketones is 1. The van der Waals surface area contributed by atoms with Crippen molar-refractivity contribution in [2.45, 2.75) is 69.7 Å². The predicted octanol–water partition coefficient (Wildman–Crippen LogP) is 1.97. The Kier molecular flexibility index (Phi) is 8.22. The average molecular weight is 374 g/mol. The van der Waals surface area contributed by atoms with Gasteiger partial charge < -0.3 is 16.2 Å². The molecule has 0 radical (unpaired) electrons. The van der Waals surface area contributed by atoms with E-state index >= 15 is 0 Å². The third kappa shape index (κ3) is 6.30. The van der Waals surface area contributed by atoms with Crippen LogP contribution in [0.25, 0.3) is 0 Å². The smallest absolute Gasteiger partial charge is 0.283 e. The Morgan fingerprint density at radius 1 is 1.26 bits per heavy atom. The lowest BCUT2D eigenvalue weighted by Gasteiger charge is -2.24. The highest BCUT2D eigenvalue weighted by Gasteiger charge is 2.31. The molecule has 0 spiro atoms. The van der Waals surface area contributed by atoms with Crippen molar-refractivity contribution in [3.8, 4) is 0 Å². The first kappa shape index (κ1) is 21.3. The van der Waals surface area contributed by atoms with Gasteiger partial charge in [-0.3, -0.25) is 9.59 Å². The van der Waals surface area contributed by atoms with Gasteiger partial charge in [-0.25, -0.2) is 5.53 Å². The molecular formula is C20H30N4O3. The Morgan fingerprint density at radius 2 is 1.96 bits per heavy atom. The summed E-state index contributed by atoms with van der Waals surface area (Å²) >= 11 is 0. The fourth-order valence-corrected chi connectivity index (χ4v) is 3.76. The summed E-state index contributed by atoms with van der Waals surface area (Å²) in [7, 11) is 0. The Hall–Kier alpha value is -1.96. The van der Waals surface area contributed by atoms with Crippen LogP contribution in [0.5, 0.6) is 0 Å². The summed E-state index contributed by atoms with van der Waals surface area (Å²) in [6.07, 6.45) is 3.50. The molecule has 0 aromatic heterocycles. The van der Waals surface area contributed by atoms with E-state index in [1.165, 1.54) is 6.92 Å². The van der Waals surface area contributed by atoms with Crippen LogP contribution in [0, 0.1) is 11.4 Å². The number of carbonyl (C=O) groups excluding carboxylic acids is 2. The summed E-state index contributed by atoms with van der Waals surface area (Å²) in [5.41, 5.74) is 14.1. The highest BCUT2D eigenvalue weighted by Crippen LogP contribution is 2.26. The van der Waals surface area contributed by atoms with Gasteiger partial charge in [0.25, 0.3) is 5.91 Å². The number of hydrogen-bond acceptors (Lipinski definition) is 6. The maximum atomic E-state index is 12.8. The van der Waals surface area contributed by atoms with Gasteiger partial charge in [-0.2, -0.15) is 0 Å². The predicted molar refractivity (Wildman–Crippen MR) is 102 cm³/mol. The minimum absolute atomic E-state index is 0.0125. The Balaban J connectivity index is 1.90. The lowest BCUT2D eigenvalue weighted by molar-refractivity contribution is -0.125. The number of Topliss-reactive ketones (excluding diaryl/α,β-unsaturated/α-hetero) is 1. The zero-order valence-electron chi connectivity index (χ0n) is 15.8. The molecule has 0 bridgehead atoms. The van der Waals surface area contributed by atoms with E-state index in [1.54, 1.807) is 0 Å². The highest BCUT2D eigenvalue weighted by atomic mass is 16.3. The van der Waals surface area contributed by atoms with Crippen LogP contribution in [-0.2, 0) is 16.0 Å². The van der Waals surface area contributed by atoms with Gasteiger partial charge in [-0.1, -0.05) is 36.8 Å². The standard InChI is InChI=1S/C20H30N4O3/c1-13(25)18(20(27)24-22)23-16-9-5-8-15(10-11-16)19(26)17(21)12-14-6-3-2-4-7-14/h2-4,6-7,13,15-18,22-23,25H,5,8-12,21H2,1H3. The van der Waals surface area contributed by atoms with E-state index < -0.39 is 24.1 Å². The lowest BCUT2D eigenvalue weighted by Crippen LogP contribution is -2.48. The van der Waals surface area contributed by atoms with Crippen LogP contribution in [-0.4, -0.2) is 41.0 Å². The number of benzene rings is 1. The Bertz CT molecular complexity index is 635. The SMILES string of the molecule is CC(O)C(NC1CCCC(C(=O)C(N)Cc2ccccc2)CC1)C(=O)N=N. The topological polar surface area (TPSA) is 129 Å². The molecule has 1 amide bonds. The fraction of sp³-hybridized carbons (Fsp3) is 0.600. The van der Waals surface area contributed by atoms with E-state index in [1.807, 2.05) is 30.3 Å². The Morgan fingerprint density at radius 3 is 2.59 bits per heavy atom. The molecule has 1 aliphatic carbocycles. The molecule has 148 valence electrons. The number of aliphatic hydroxyl groups is 1. The number of aliphatic hydroxyl groups excluding tert-OH is 1. The quantitative estimate of drug-likeness (QED) is 0.408. The molecule has 2 rings (SSSR count). The van der Waals surface area contributed by atoms with Crippen LogP contribution in [0.4, 0.5) is 0 Å². The zero-order valence-corrected chi connectivity index (χ0v) is 15.8. The first-order valence-corrected chi connectivity index (χ1v) is 9.61. The van der Waals surface area contributed by atoms with Gasteiger partial charge >= 0.3 is 0 Å². The number of nitrogens with zero attached hydrogens (tertiary/aromatic N) is 1. The van der Waals surface area contributed by atoms with Crippen molar-refractivity contribution < 1.29 is 14.7 Å². The molecule has 5 unspecified atom stereocenters. The first-order valence-electron chi connectivity index (χ1n) is 9.61. The van der Waals surface area contributed by atoms with Crippen LogP contribution < -0.4 is 11.1 Å². The van der Waals surface area contributed by atoms with Gasteiger partial charge in [0.1, 0.15) is 6.04 Å². The summed E-state index contributed by atoms with van der Waals surface area (Å²) in [6.45, 7) is 1.51. The second kappa shape index (κ2) is 10.4. The van der Waals surface area contributed by atoms with Crippen molar-refractivity contribution in [1.82, 2.24) is 5.32 Å².